The van der Waals surface area contributed by atoms with E-state index in [9.17, 15) is 0 Å². The van der Waals surface area contributed by atoms with Gasteiger partial charge in [0.25, 0.3) is 0 Å². The third-order valence-corrected chi connectivity index (χ3v) is 4.49. The van der Waals surface area contributed by atoms with Gasteiger partial charge in [0.05, 0.1) is 0 Å². The van der Waals surface area contributed by atoms with Crippen molar-refractivity contribution < 1.29 is 4.43 Å². The molecule has 0 unspecified atom stereocenters. The summed E-state index contributed by atoms with van der Waals surface area (Å²) in [5.74, 6) is 0. The van der Waals surface area contributed by atoms with Crippen LogP contribution in [0.4, 0.5) is 0 Å². The van der Waals surface area contributed by atoms with Crippen molar-refractivity contribution in [1.82, 2.24) is 14.9 Å². The van der Waals surface area contributed by atoms with Crippen molar-refractivity contribution in [2.45, 2.75) is 27.7 Å². The van der Waals surface area contributed by atoms with Gasteiger partial charge >= 0.3 is 9.36 Å². The minimum atomic E-state index is -1.34. The second-order valence-corrected chi connectivity index (χ2v) is 5.30. The molecule has 0 aromatic carbocycles. The molecule has 0 aliphatic rings. The molecule has 4 nitrogen and oxygen atoms in total. The molecule has 0 amide bonds. The van der Waals surface area contributed by atoms with Crippen molar-refractivity contribution in [3.63, 3.8) is 0 Å². The molecule has 0 aromatic heterocycles. The van der Waals surface area contributed by atoms with Crippen LogP contribution in [-0.2, 0) is 4.43 Å². The molecule has 5 heteroatoms. The first kappa shape index (κ1) is 15.1. The van der Waals surface area contributed by atoms with Crippen molar-refractivity contribution in [3.05, 3.63) is 0 Å². The van der Waals surface area contributed by atoms with E-state index in [0.717, 1.165) is 39.3 Å². The molecule has 0 fully saturated rings. The van der Waals surface area contributed by atoms with E-state index in [4.69, 9.17) is 4.43 Å². The van der Waals surface area contributed by atoms with Gasteiger partial charge in [0.15, 0.2) is 0 Å². The van der Waals surface area contributed by atoms with Crippen LogP contribution in [0.3, 0.4) is 0 Å². The van der Waals surface area contributed by atoms with Crippen LogP contribution >= 0.6 is 0 Å². The van der Waals surface area contributed by atoms with Gasteiger partial charge in [-0.15, -0.1) is 0 Å². The molecule has 0 saturated heterocycles. The molecule has 0 atom stereocenters. The highest BCUT2D eigenvalue weighted by Crippen LogP contribution is 1.87. The maximum atomic E-state index is 5.83. The molecule has 0 saturated carbocycles. The summed E-state index contributed by atoms with van der Waals surface area (Å²) in [7, 11) is -1.34. The molecule has 0 aromatic rings. The summed E-state index contributed by atoms with van der Waals surface area (Å²) in [4.78, 5) is 9.14. The summed E-state index contributed by atoms with van der Waals surface area (Å²) in [6.45, 7) is 14.6. The fourth-order valence-electron chi connectivity index (χ4n) is 1.40. The fourth-order valence-corrected chi connectivity index (χ4v) is 2.86. The summed E-state index contributed by atoms with van der Waals surface area (Å²) >= 11 is 0. The number of rotatable bonds is 10. The van der Waals surface area contributed by atoms with Crippen molar-refractivity contribution in [3.8, 4) is 0 Å². The molecule has 0 bridgehead atoms. The van der Waals surface area contributed by atoms with E-state index in [2.05, 4.69) is 42.6 Å². The van der Waals surface area contributed by atoms with Gasteiger partial charge in [-0.05, 0) is 26.2 Å². The number of nitrogens with zero attached hydrogens (tertiary/aromatic N) is 1. The summed E-state index contributed by atoms with van der Waals surface area (Å²) in [5, 5.41) is 0. The lowest BCUT2D eigenvalue weighted by molar-refractivity contribution is 0.216. The average molecular weight is 233 g/mol. The first-order valence-electron chi connectivity index (χ1n) is 6.09. The Morgan fingerprint density at radius 1 is 1.00 bits per heavy atom. The Bertz CT molecular complexity index is 128. The topological polar surface area (TPSA) is 36.5 Å². The third kappa shape index (κ3) is 7.93. The Balaban J connectivity index is 3.59. The molecular formula is C10H27N3OSi. The number of hydrogen-bond acceptors (Lipinski definition) is 4. The molecule has 0 spiro atoms. The molecule has 2 N–H and O–H groups in total. The molecule has 0 aliphatic heterocycles. The fraction of sp³-hybridized carbons (Fsp3) is 1.00. The van der Waals surface area contributed by atoms with Crippen LogP contribution in [0.2, 0.25) is 0 Å². The van der Waals surface area contributed by atoms with E-state index in [1.807, 2.05) is 0 Å². The van der Waals surface area contributed by atoms with Gasteiger partial charge < -0.3 is 19.3 Å². The normalized spacial score (nSPS) is 11.6. The summed E-state index contributed by atoms with van der Waals surface area (Å²) < 4.78 is 5.83. The molecule has 0 rings (SSSR count). The number of nitrogens with one attached hydrogen (secondary N) is 2. The number of likely N-dealkylation sites (N-methyl/N-ethyl adjacent to an activating group) is 1. The Labute approximate surface area is 96.3 Å². The summed E-state index contributed by atoms with van der Waals surface area (Å²) in [6.07, 6.45) is 0. The van der Waals surface area contributed by atoms with Crippen LogP contribution in [0.25, 0.3) is 0 Å². The monoisotopic (exact) mass is 233 g/mol. The molecule has 0 aliphatic carbocycles. The van der Waals surface area contributed by atoms with Gasteiger partial charge in [-0.3, -0.25) is 0 Å². The maximum Gasteiger partial charge on any atom is 0.335 e. The van der Waals surface area contributed by atoms with E-state index in [-0.39, 0.29) is 0 Å². The van der Waals surface area contributed by atoms with Crippen LogP contribution in [0.15, 0.2) is 0 Å². The van der Waals surface area contributed by atoms with Gasteiger partial charge in [-0.1, -0.05) is 27.7 Å². The minimum absolute atomic E-state index is 0.832. The third-order valence-electron chi connectivity index (χ3n) is 2.37. The average Bonchev–Trinajstić information content (AvgIpc) is 2.25. The van der Waals surface area contributed by atoms with Crippen LogP contribution in [0, 0.1) is 0 Å². The predicted octanol–water partition coefficient (Wildman–Crippen LogP) is 0.281. The first-order chi connectivity index (χ1) is 7.28. The van der Waals surface area contributed by atoms with Crippen molar-refractivity contribution >= 4 is 9.36 Å². The largest absolute Gasteiger partial charge is 0.393 e. The quantitative estimate of drug-likeness (QED) is 0.532. The zero-order valence-electron chi connectivity index (χ0n) is 10.7. The minimum Gasteiger partial charge on any atom is -0.393 e. The highest BCUT2D eigenvalue weighted by atomic mass is 28.3. The van der Waals surface area contributed by atoms with E-state index in [1.165, 1.54) is 0 Å². The molecule has 92 valence electrons. The predicted molar refractivity (Wildman–Crippen MR) is 68.2 cm³/mol. The molecule has 0 radical (unpaired) electrons. The molecule has 0 heterocycles. The van der Waals surface area contributed by atoms with Crippen LogP contribution < -0.4 is 9.96 Å². The summed E-state index contributed by atoms with van der Waals surface area (Å²) in [5.41, 5.74) is 0. The SMILES string of the molecule is CCN[SiH](NCC)OCCN(CC)CC. The highest BCUT2D eigenvalue weighted by Gasteiger charge is 2.09. The number of hydrogen-bond donors (Lipinski definition) is 2. The highest BCUT2D eigenvalue weighted by molar-refractivity contribution is 6.45. The van der Waals surface area contributed by atoms with Crippen LogP contribution in [-0.4, -0.2) is 53.6 Å². The zero-order valence-corrected chi connectivity index (χ0v) is 11.8. The zero-order chi connectivity index (χ0) is 11.5. The Morgan fingerprint density at radius 3 is 1.93 bits per heavy atom. The van der Waals surface area contributed by atoms with Gasteiger partial charge in [0.2, 0.25) is 0 Å². The van der Waals surface area contributed by atoms with Gasteiger partial charge in [-0.25, -0.2) is 0 Å². The Kier molecular flexibility index (Phi) is 10.6. The molecular weight excluding hydrogens is 206 g/mol. The molecule has 15 heavy (non-hydrogen) atoms. The Hall–Kier alpha value is 0.0569. The standard InChI is InChI=1S/C10H27N3OSi/c1-5-11-15(12-6-2)14-10-9-13(7-3)8-4/h11-12,15H,5-10H2,1-4H3. The lowest BCUT2D eigenvalue weighted by atomic mass is 10.5. The second-order valence-electron chi connectivity index (χ2n) is 3.39. The van der Waals surface area contributed by atoms with Crippen LogP contribution in [0.5, 0.6) is 0 Å². The van der Waals surface area contributed by atoms with E-state index < -0.39 is 9.36 Å². The van der Waals surface area contributed by atoms with Crippen molar-refractivity contribution in [2.75, 3.05) is 39.3 Å². The summed E-state index contributed by atoms with van der Waals surface area (Å²) in [6, 6.07) is 0. The lowest BCUT2D eigenvalue weighted by Gasteiger charge is -2.21. The van der Waals surface area contributed by atoms with Crippen LogP contribution in [0.1, 0.15) is 27.7 Å². The van der Waals surface area contributed by atoms with Crippen molar-refractivity contribution in [1.29, 1.82) is 0 Å². The Morgan fingerprint density at radius 2 is 1.53 bits per heavy atom. The lowest BCUT2D eigenvalue weighted by Crippen LogP contribution is -2.50. The van der Waals surface area contributed by atoms with Gasteiger partial charge in [0, 0.05) is 13.2 Å². The van der Waals surface area contributed by atoms with E-state index >= 15 is 0 Å². The smallest absolute Gasteiger partial charge is 0.335 e. The van der Waals surface area contributed by atoms with E-state index in [0.29, 0.717) is 0 Å². The van der Waals surface area contributed by atoms with Gasteiger partial charge in [-0.2, -0.15) is 0 Å². The second kappa shape index (κ2) is 10.6. The van der Waals surface area contributed by atoms with E-state index in [1.54, 1.807) is 0 Å². The first-order valence-corrected chi connectivity index (χ1v) is 7.71. The van der Waals surface area contributed by atoms with Gasteiger partial charge in [0.1, 0.15) is 0 Å². The maximum absolute atomic E-state index is 5.83. The van der Waals surface area contributed by atoms with Crippen molar-refractivity contribution in [2.24, 2.45) is 0 Å².